The highest BCUT2D eigenvalue weighted by atomic mass is 79.9. The molecule has 0 saturated heterocycles. The summed E-state index contributed by atoms with van der Waals surface area (Å²) >= 11 is 9.92. The van der Waals surface area contributed by atoms with Gasteiger partial charge >= 0.3 is 6.03 Å². The molecule has 6 heteroatoms. The molecule has 13 heavy (non-hydrogen) atoms. The Labute approximate surface area is 101 Å². The van der Waals surface area contributed by atoms with Gasteiger partial charge in [0.05, 0.1) is 9.08 Å². The molecular formula is C7H7Br3N2O. The average molecular weight is 375 g/mol. The summed E-state index contributed by atoms with van der Waals surface area (Å²) < 4.78 is 3.78. The van der Waals surface area contributed by atoms with Crippen molar-refractivity contribution < 1.29 is 4.79 Å². The van der Waals surface area contributed by atoms with Crippen molar-refractivity contribution in [3.63, 3.8) is 0 Å². The Morgan fingerprint density at radius 2 is 1.92 bits per heavy atom. The van der Waals surface area contributed by atoms with E-state index in [1.54, 1.807) is 14.1 Å². The standard InChI is InChI=1S/C7H7Br3N2O/c1-11(2)7(13)12-5(9)3-4(8)6(12)10/h3H,1-2H3. The number of aromatic nitrogens is 1. The van der Waals surface area contributed by atoms with E-state index in [1.165, 1.54) is 9.47 Å². The fourth-order valence-electron chi connectivity index (χ4n) is 0.805. The number of halogens is 3. The van der Waals surface area contributed by atoms with Gasteiger partial charge in [0.2, 0.25) is 0 Å². The van der Waals surface area contributed by atoms with Gasteiger partial charge in [-0.1, -0.05) is 0 Å². The Bertz CT molecular complexity index is 346. The van der Waals surface area contributed by atoms with Crippen molar-refractivity contribution in [3.05, 3.63) is 19.7 Å². The van der Waals surface area contributed by atoms with E-state index < -0.39 is 0 Å². The van der Waals surface area contributed by atoms with E-state index in [2.05, 4.69) is 47.8 Å². The van der Waals surface area contributed by atoms with Crippen molar-refractivity contribution in [1.82, 2.24) is 9.47 Å². The fourth-order valence-corrected chi connectivity index (χ4v) is 2.76. The van der Waals surface area contributed by atoms with Crippen LogP contribution in [0.1, 0.15) is 0 Å². The Balaban J connectivity index is 3.21. The molecule has 3 nitrogen and oxygen atoms in total. The maximum Gasteiger partial charge on any atom is 0.329 e. The quantitative estimate of drug-likeness (QED) is 0.684. The smallest absolute Gasteiger partial charge is 0.329 e. The molecule has 0 fully saturated rings. The predicted octanol–water partition coefficient (Wildman–Crippen LogP) is 3.31. The minimum Gasteiger partial charge on any atom is -0.330 e. The second-order valence-electron chi connectivity index (χ2n) is 2.62. The van der Waals surface area contributed by atoms with Crippen LogP contribution >= 0.6 is 47.8 Å². The summed E-state index contributed by atoms with van der Waals surface area (Å²) in [5, 5.41) is 0. The van der Waals surface area contributed by atoms with E-state index in [1.807, 2.05) is 6.07 Å². The number of rotatable bonds is 0. The maximum absolute atomic E-state index is 11.6. The summed E-state index contributed by atoms with van der Waals surface area (Å²) in [6.07, 6.45) is 0. The van der Waals surface area contributed by atoms with Gasteiger partial charge in [-0.05, 0) is 53.9 Å². The summed E-state index contributed by atoms with van der Waals surface area (Å²) in [5.41, 5.74) is 0. The van der Waals surface area contributed by atoms with Gasteiger partial charge in [0.25, 0.3) is 0 Å². The van der Waals surface area contributed by atoms with Gasteiger partial charge in [-0.2, -0.15) is 0 Å². The van der Waals surface area contributed by atoms with Crippen LogP contribution in [0.2, 0.25) is 0 Å². The van der Waals surface area contributed by atoms with Crippen molar-refractivity contribution in [2.45, 2.75) is 0 Å². The van der Waals surface area contributed by atoms with E-state index in [0.717, 1.165) is 4.47 Å². The Kier molecular flexibility index (Phi) is 3.59. The monoisotopic (exact) mass is 372 g/mol. The van der Waals surface area contributed by atoms with E-state index in [-0.39, 0.29) is 6.03 Å². The topological polar surface area (TPSA) is 25.2 Å². The van der Waals surface area contributed by atoms with Crippen LogP contribution in [0, 0.1) is 0 Å². The molecule has 72 valence electrons. The minimum atomic E-state index is -0.107. The lowest BCUT2D eigenvalue weighted by Crippen LogP contribution is -2.27. The summed E-state index contributed by atoms with van der Waals surface area (Å²) in [5.74, 6) is 0. The average Bonchev–Trinajstić information content (AvgIpc) is 2.26. The number of nitrogens with zero attached hydrogens (tertiary/aromatic N) is 2. The number of amides is 1. The molecule has 0 aliphatic carbocycles. The zero-order chi connectivity index (χ0) is 10.2. The van der Waals surface area contributed by atoms with Gasteiger partial charge in [0, 0.05) is 14.1 Å². The SMILES string of the molecule is CN(C)C(=O)n1c(Br)cc(Br)c1Br. The molecule has 0 aromatic carbocycles. The van der Waals surface area contributed by atoms with Crippen LogP contribution in [-0.4, -0.2) is 29.6 Å². The molecule has 1 aromatic rings. The molecule has 1 heterocycles. The van der Waals surface area contributed by atoms with Crippen LogP contribution in [0.5, 0.6) is 0 Å². The first-order valence-electron chi connectivity index (χ1n) is 3.39. The third-order valence-corrected chi connectivity index (χ3v) is 3.93. The molecule has 0 bridgehead atoms. The number of hydrogen-bond donors (Lipinski definition) is 0. The molecule has 1 amide bonds. The number of carbonyl (C=O) groups is 1. The lowest BCUT2D eigenvalue weighted by Gasteiger charge is -2.12. The summed E-state index contributed by atoms with van der Waals surface area (Å²) in [6.45, 7) is 0. The molecule has 0 N–H and O–H groups in total. The first-order chi connectivity index (χ1) is 5.95. The van der Waals surface area contributed by atoms with Gasteiger partial charge in [0.15, 0.2) is 0 Å². The highest BCUT2D eigenvalue weighted by Gasteiger charge is 2.16. The maximum atomic E-state index is 11.6. The minimum absolute atomic E-state index is 0.107. The van der Waals surface area contributed by atoms with Crippen LogP contribution < -0.4 is 0 Å². The van der Waals surface area contributed by atoms with Crippen molar-refractivity contribution in [2.75, 3.05) is 14.1 Å². The van der Waals surface area contributed by atoms with Crippen LogP contribution in [-0.2, 0) is 0 Å². The molecule has 1 aromatic heterocycles. The molecule has 0 radical (unpaired) electrons. The van der Waals surface area contributed by atoms with E-state index in [9.17, 15) is 4.79 Å². The van der Waals surface area contributed by atoms with Crippen LogP contribution in [0.15, 0.2) is 19.7 Å². The summed E-state index contributed by atoms with van der Waals surface area (Å²) in [6, 6.07) is 1.70. The van der Waals surface area contributed by atoms with Crippen molar-refractivity contribution >= 4 is 53.8 Å². The molecule has 0 atom stereocenters. The lowest BCUT2D eigenvalue weighted by molar-refractivity contribution is 0.218. The second-order valence-corrected chi connectivity index (χ2v) is 5.04. The lowest BCUT2D eigenvalue weighted by atomic mass is 10.7. The van der Waals surface area contributed by atoms with E-state index in [4.69, 9.17) is 0 Å². The molecule has 0 aliphatic rings. The highest BCUT2D eigenvalue weighted by Crippen LogP contribution is 2.30. The largest absolute Gasteiger partial charge is 0.330 e. The first-order valence-corrected chi connectivity index (χ1v) is 5.77. The summed E-state index contributed by atoms with van der Waals surface area (Å²) in [7, 11) is 3.41. The van der Waals surface area contributed by atoms with Gasteiger partial charge in [-0.3, -0.25) is 0 Å². The Morgan fingerprint density at radius 1 is 1.38 bits per heavy atom. The number of carbonyl (C=O) groups excluding carboxylic acids is 1. The van der Waals surface area contributed by atoms with Gasteiger partial charge < -0.3 is 4.90 Å². The highest BCUT2D eigenvalue weighted by molar-refractivity contribution is 9.13. The normalized spacial score (nSPS) is 10.2. The zero-order valence-corrected chi connectivity index (χ0v) is 11.8. The first kappa shape index (κ1) is 11.3. The molecule has 1 rings (SSSR count). The van der Waals surface area contributed by atoms with Gasteiger partial charge in [0.1, 0.15) is 4.60 Å². The van der Waals surface area contributed by atoms with Crippen LogP contribution in [0.4, 0.5) is 4.79 Å². The third kappa shape index (κ3) is 2.16. The van der Waals surface area contributed by atoms with Gasteiger partial charge in [-0.15, -0.1) is 0 Å². The van der Waals surface area contributed by atoms with Crippen LogP contribution in [0.3, 0.4) is 0 Å². The third-order valence-electron chi connectivity index (χ3n) is 1.43. The second kappa shape index (κ2) is 4.14. The van der Waals surface area contributed by atoms with Crippen LogP contribution in [0.25, 0.3) is 0 Å². The van der Waals surface area contributed by atoms with Gasteiger partial charge in [-0.25, -0.2) is 9.36 Å². The molecular weight excluding hydrogens is 368 g/mol. The fraction of sp³-hybridized carbons (Fsp3) is 0.286. The summed E-state index contributed by atoms with van der Waals surface area (Å²) in [4.78, 5) is 13.1. The predicted molar refractivity (Wildman–Crippen MR) is 62.0 cm³/mol. The molecule has 0 aliphatic heterocycles. The zero-order valence-electron chi connectivity index (χ0n) is 7.01. The van der Waals surface area contributed by atoms with Crippen molar-refractivity contribution in [1.29, 1.82) is 0 Å². The van der Waals surface area contributed by atoms with Crippen molar-refractivity contribution in [2.24, 2.45) is 0 Å². The molecule has 0 spiro atoms. The Hall–Kier alpha value is 0.190. The number of hydrogen-bond acceptors (Lipinski definition) is 1. The van der Waals surface area contributed by atoms with E-state index in [0.29, 0.717) is 9.21 Å². The Morgan fingerprint density at radius 3 is 2.23 bits per heavy atom. The van der Waals surface area contributed by atoms with E-state index >= 15 is 0 Å². The molecule has 0 saturated carbocycles. The molecule has 0 unspecified atom stereocenters. The van der Waals surface area contributed by atoms with Crippen molar-refractivity contribution in [3.8, 4) is 0 Å².